The number of rotatable bonds is 4. The van der Waals surface area contributed by atoms with Crippen molar-refractivity contribution in [1.82, 2.24) is 5.32 Å². The number of hydrogen-bond donors (Lipinski definition) is 2. The van der Waals surface area contributed by atoms with Crippen LogP contribution in [0.3, 0.4) is 0 Å². The summed E-state index contributed by atoms with van der Waals surface area (Å²) in [6.07, 6.45) is 1.10. The van der Waals surface area contributed by atoms with Crippen LogP contribution in [0.1, 0.15) is 6.42 Å². The van der Waals surface area contributed by atoms with Crippen LogP contribution in [-0.2, 0) is 0 Å². The molecule has 17 heavy (non-hydrogen) atoms. The van der Waals surface area contributed by atoms with E-state index in [1.165, 1.54) is 0 Å². The zero-order valence-electron chi connectivity index (χ0n) is 10.0. The summed E-state index contributed by atoms with van der Waals surface area (Å²) in [5, 5.41) is 7.32. The van der Waals surface area contributed by atoms with Crippen LogP contribution in [0.2, 0.25) is 5.02 Å². The monoisotopic (exact) mass is 256 g/mol. The topological polar surface area (TPSA) is 42.5 Å². The molecule has 1 saturated heterocycles. The third-order valence-electron chi connectivity index (χ3n) is 2.89. The summed E-state index contributed by atoms with van der Waals surface area (Å²) < 4.78 is 10.5. The zero-order valence-corrected chi connectivity index (χ0v) is 10.8. The molecule has 0 spiro atoms. The Balaban J connectivity index is 2.22. The molecule has 0 aliphatic carbocycles. The van der Waals surface area contributed by atoms with E-state index >= 15 is 0 Å². The Hall–Kier alpha value is -1.13. The summed E-state index contributed by atoms with van der Waals surface area (Å²) in [5.41, 5.74) is 0.909. The van der Waals surface area contributed by atoms with Gasteiger partial charge >= 0.3 is 0 Å². The molecule has 0 saturated carbocycles. The van der Waals surface area contributed by atoms with E-state index in [9.17, 15) is 0 Å². The van der Waals surface area contributed by atoms with E-state index in [1.54, 1.807) is 20.3 Å². The van der Waals surface area contributed by atoms with Crippen molar-refractivity contribution in [2.75, 3.05) is 32.6 Å². The van der Waals surface area contributed by atoms with Gasteiger partial charge in [0.1, 0.15) is 11.5 Å². The summed E-state index contributed by atoms with van der Waals surface area (Å²) in [5.74, 6) is 1.37. The van der Waals surface area contributed by atoms with Crippen molar-refractivity contribution in [2.24, 2.45) is 0 Å². The second-order valence-corrected chi connectivity index (χ2v) is 4.43. The first-order valence-electron chi connectivity index (χ1n) is 5.63. The van der Waals surface area contributed by atoms with E-state index in [4.69, 9.17) is 21.1 Å². The van der Waals surface area contributed by atoms with E-state index < -0.39 is 0 Å². The first-order chi connectivity index (χ1) is 8.24. The van der Waals surface area contributed by atoms with E-state index in [0.29, 0.717) is 16.8 Å². The standard InChI is InChI=1S/C12H17ClN2O2/c1-16-11-6-12(17-2)10(5-9(11)13)15-8-3-4-14-7-8/h5-6,8,14-15H,3-4,7H2,1-2H3. The number of anilines is 1. The number of nitrogens with one attached hydrogen (secondary N) is 2. The maximum Gasteiger partial charge on any atom is 0.145 e. The highest BCUT2D eigenvalue weighted by molar-refractivity contribution is 6.32. The van der Waals surface area contributed by atoms with Crippen LogP contribution >= 0.6 is 11.6 Å². The van der Waals surface area contributed by atoms with E-state index in [2.05, 4.69) is 10.6 Å². The number of hydrogen-bond acceptors (Lipinski definition) is 4. The van der Waals surface area contributed by atoms with Crippen LogP contribution in [0.5, 0.6) is 11.5 Å². The lowest BCUT2D eigenvalue weighted by atomic mass is 10.2. The number of methoxy groups -OCH3 is 2. The van der Waals surface area contributed by atoms with Gasteiger partial charge < -0.3 is 20.1 Å². The van der Waals surface area contributed by atoms with Crippen molar-refractivity contribution in [3.05, 3.63) is 17.2 Å². The molecule has 1 aliphatic rings. The summed E-state index contributed by atoms with van der Waals surface area (Å²) in [6.45, 7) is 2.01. The Morgan fingerprint density at radius 1 is 1.29 bits per heavy atom. The molecule has 5 heteroatoms. The highest BCUT2D eigenvalue weighted by atomic mass is 35.5. The van der Waals surface area contributed by atoms with Crippen LogP contribution in [0.15, 0.2) is 12.1 Å². The molecule has 2 N–H and O–H groups in total. The van der Waals surface area contributed by atoms with Gasteiger partial charge in [-0.05, 0) is 19.0 Å². The Morgan fingerprint density at radius 2 is 2.06 bits per heavy atom. The molecule has 2 rings (SSSR count). The highest BCUT2D eigenvalue weighted by Crippen LogP contribution is 2.36. The lowest BCUT2D eigenvalue weighted by Gasteiger charge is -2.17. The van der Waals surface area contributed by atoms with Gasteiger partial charge in [-0.1, -0.05) is 11.6 Å². The van der Waals surface area contributed by atoms with E-state index in [1.807, 2.05) is 6.07 Å². The highest BCUT2D eigenvalue weighted by Gasteiger charge is 2.17. The van der Waals surface area contributed by atoms with E-state index in [-0.39, 0.29) is 0 Å². The molecule has 1 aromatic carbocycles. The fraction of sp³-hybridized carbons (Fsp3) is 0.500. The molecule has 1 aliphatic heterocycles. The lowest BCUT2D eigenvalue weighted by Crippen LogP contribution is -2.22. The maximum atomic E-state index is 6.11. The van der Waals surface area contributed by atoms with Crippen LogP contribution in [-0.4, -0.2) is 33.4 Å². The minimum absolute atomic E-state index is 0.424. The summed E-state index contributed by atoms with van der Waals surface area (Å²) in [6, 6.07) is 4.07. The molecule has 1 atom stereocenters. The minimum atomic E-state index is 0.424. The van der Waals surface area contributed by atoms with Gasteiger partial charge in [0.2, 0.25) is 0 Å². The predicted octanol–water partition coefficient (Wildman–Crippen LogP) is 2.13. The third kappa shape index (κ3) is 2.76. The van der Waals surface area contributed by atoms with Crippen molar-refractivity contribution >= 4 is 17.3 Å². The van der Waals surface area contributed by atoms with E-state index in [0.717, 1.165) is 30.9 Å². The average Bonchev–Trinajstić information content (AvgIpc) is 2.82. The fourth-order valence-corrected chi connectivity index (χ4v) is 2.21. The molecule has 4 nitrogen and oxygen atoms in total. The molecule has 1 heterocycles. The van der Waals surface area contributed by atoms with Crippen LogP contribution in [0, 0.1) is 0 Å². The van der Waals surface area contributed by atoms with Crippen LogP contribution in [0.25, 0.3) is 0 Å². The first kappa shape index (κ1) is 12.3. The molecule has 1 unspecified atom stereocenters. The molecule has 0 aromatic heterocycles. The minimum Gasteiger partial charge on any atom is -0.495 e. The summed E-state index contributed by atoms with van der Waals surface area (Å²) in [4.78, 5) is 0. The fourth-order valence-electron chi connectivity index (χ4n) is 1.97. The quantitative estimate of drug-likeness (QED) is 0.866. The predicted molar refractivity (Wildman–Crippen MR) is 69.5 cm³/mol. The van der Waals surface area contributed by atoms with Gasteiger partial charge in [0, 0.05) is 18.7 Å². The zero-order chi connectivity index (χ0) is 12.3. The molecular formula is C12H17ClN2O2. The summed E-state index contributed by atoms with van der Waals surface area (Å²) >= 11 is 6.11. The maximum absolute atomic E-state index is 6.11. The van der Waals surface area contributed by atoms with Crippen molar-refractivity contribution in [3.63, 3.8) is 0 Å². The molecule has 0 amide bonds. The number of halogens is 1. The Morgan fingerprint density at radius 3 is 2.65 bits per heavy atom. The molecule has 0 bridgehead atoms. The second-order valence-electron chi connectivity index (χ2n) is 4.02. The Labute approximate surface area is 106 Å². The van der Waals surface area contributed by atoms with Crippen LogP contribution < -0.4 is 20.1 Å². The van der Waals surface area contributed by atoms with Crippen molar-refractivity contribution in [1.29, 1.82) is 0 Å². The van der Waals surface area contributed by atoms with Crippen molar-refractivity contribution < 1.29 is 9.47 Å². The Bertz CT molecular complexity index is 392. The van der Waals surface area contributed by atoms with Crippen molar-refractivity contribution in [2.45, 2.75) is 12.5 Å². The number of ether oxygens (including phenoxy) is 2. The number of benzene rings is 1. The molecule has 0 radical (unpaired) electrons. The Kier molecular flexibility index (Phi) is 3.97. The summed E-state index contributed by atoms with van der Waals surface area (Å²) in [7, 11) is 3.23. The second kappa shape index (κ2) is 5.47. The van der Waals surface area contributed by atoms with Crippen molar-refractivity contribution in [3.8, 4) is 11.5 Å². The molecule has 1 fully saturated rings. The normalized spacial score (nSPS) is 19.1. The first-order valence-corrected chi connectivity index (χ1v) is 6.01. The smallest absolute Gasteiger partial charge is 0.145 e. The van der Waals surface area contributed by atoms with Gasteiger partial charge in [-0.2, -0.15) is 0 Å². The average molecular weight is 257 g/mol. The van der Waals surface area contributed by atoms with Gasteiger partial charge in [-0.15, -0.1) is 0 Å². The largest absolute Gasteiger partial charge is 0.495 e. The van der Waals surface area contributed by atoms with Gasteiger partial charge in [0.25, 0.3) is 0 Å². The van der Waals surface area contributed by atoms with Gasteiger partial charge in [-0.3, -0.25) is 0 Å². The third-order valence-corrected chi connectivity index (χ3v) is 3.19. The van der Waals surface area contributed by atoms with Gasteiger partial charge in [0.05, 0.1) is 24.9 Å². The molecule has 94 valence electrons. The van der Waals surface area contributed by atoms with Gasteiger partial charge in [0.15, 0.2) is 0 Å². The lowest BCUT2D eigenvalue weighted by molar-refractivity contribution is 0.395. The molecular weight excluding hydrogens is 240 g/mol. The SMILES string of the molecule is COc1cc(OC)c(NC2CCNC2)cc1Cl. The van der Waals surface area contributed by atoms with Gasteiger partial charge in [-0.25, -0.2) is 0 Å². The molecule has 1 aromatic rings. The van der Waals surface area contributed by atoms with Crippen LogP contribution in [0.4, 0.5) is 5.69 Å².